The van der Waals surface area contributed by atoms with Crippen molar-refractivity contribution in [2.75, 3.05) is 42.9 Å². The third kappa shape index (κ3) is 6.79. The van der Waals surface area contributed by atoms with Gasteiger partial charge in [0.25, 0.3) is 0 Å². The number of halogens is 3. The SMILES string of the molecule is CCCN(Cc1ccc(Nc2ccc(N3CCC(C(F)(F)F)CC3)cc2)cc1)C(=O)C1CC(=O)N(CC)C1. The first-order valence-corrected chi connectivity index (χ1v) is 13.5. The highest BCUT2D eigenvalue weighted by molar-refractivity contribution is 5.89. The molecule has 2 fully saturated rings. The van der Waals surface area contributed by atoms with E-state index < -0.39 is 12.1 Å². The Labute approximate surface area is 222 Å². The molecule has 2 amide bonds. The van der Waals surface area contributed by atoms with Crippen molar-refractivity contribution in [2.24, 2.45) is 11.8 Å². The molecule has 2 aromatic carbocycles. The van der Waals surface area contributed by atoms with E-state index in [2.05, 4.69) is 5.32 Å². The van der Waals surface area contributed by atoms with E-state index in [1.165, 1.54) is 0 Å². The predicted molar refractivity (Wildman–Crippen MR) is 143 cm³/mol. The minimum atomic E-state index is -4.10. The van der Waals surface area contributed by atoms with Crippen LogP contribution in [0.3, 0.4) is 0 Å². The Morgan fingerprint density at radius 1 is 1.00 bits per heavy atom. The van der Waals surface area contributed by atoms with Crippen LogP contribution in [-0.4, -0.2) is 60.5 Å². The summed E-state index contributed by atoms with van der Waals surface area (Å²) in [5.74, 6) is -1.38. The quantitative estimate of drug-likeness (QED) is 0.444. The van der Waals surface area contributed by atoms with Crippen molar-refractivity contribution >= 4 is 28.9 Å². The molecule has 1 N–H and O–H groups in total. The molecular formula is C29H37F3N4O2. The minimum absolute atomic E-state index is 0.0427. The number of nitrogens with one attached hydrogen (secondary N) is 1. The van der Waals surface area contributed by atoms with Crippen LogP contribution >= 0.6 is 0 Å². The third-order valence-corrected chi connectivity index (χ3v) is 7.56. The Bertz CT molecular complexity index is 1080. The fourth-order valence-corrected chi connectivity index (χ4v) is 5.34. The first kappa shape index (κ1) is 27.8. The standard InChI is InChI=1S/C29H37F3N4O2/c1-3-15-36(28(38)22-18-27(37)34(4-2)20-22)19-21-5-7-24(8-6-21)33-25-9-11-26(12-10-25)35-16-13-23(14-17-35)29(30,31)32/h5-12,22-23,33H,3-4,13-20H2,1-2H3. The molecule has 2 aliphatic heterocycles. The van der Waals surface area contributed by atoms with Crippen molar-refractivity contribution in [3.05, 3.63) is 54.1 Å². The van der Waals surface area contributed by atoms with Crippen LogP contribution in [0, 0.1) is 11.8 Å². The summed E-state index contributed by atoms with van der Waals surface area (Å²) in [6, 6.07) is 15.7. The molecule has 0 spiro atoms. The number of anilines is 3. The van der Waals surface area contributed by atoms with E-state index >= 15 is 0 Å². The molecule has 38 heavy (non-hydrogen) atoms. The molecule has 4 rings (SSSR count). The van der Waals surface area contributed by atoms with Gasteiger partial charge in [0, 0.05) is 62.8 Å². The molecule has 2 saturated heterocycles. The van der Waals surface area contributed by atoms with Crippen molar-refractivity contribution in [1.82, 2.24) is 9.80 Å². The fourth-order valence-electron chi connectivity index (χ4n) is 5.34. The lowest BCUT2D eigenvalue weighted by Gasteiger charge is -2.34. The van der Waals surface area contributed by atoms with Crippen LogP contribution in [0.2, 0.25) is 0 Å². The Morgan fingerprint density at radius 2 is 1.61 bits per heavy atom. The number of piperidine rings is 1. The Hall–Kier alpha value is -3.23. The number of carbonyl (C=O) groups is 2. The Balaban J connectivity index is 1.31. The van der Waals surface area contributed by atoms with Gasteiger partial charge in [0.05, 0.1) is 11.8 Å². The summed E-state index contributed by atoms with van der Waals surface area (Å²) in [4.78, 5) is 30.8. The average molecular weight is 531 g/mol. The lowest BCUT2D eigenvalue weighted by atomic mass is 9.96. The Morgan fingerprint density at radius 3 is 2.13 bits per heavy atom. The molecule has 1 unspecified atom stereocenters. The second-order valence-electron chi connectivity index (χ2n) is 10.3. The summed E-state index contributed by atoms with van der Waals surface area (Å²) in [5.41, 5.74) is 3.74. The molecular weight excluding hydrogens is 493 g/mol. The van der Waals surface area contributed by atoms with Gasteiger partial charge < -0.3 is 20.0 Å². The van der Waals surface area contributed by atoms with Gasteiger partial charge in [-0.15, -0.1) is 0 Å². The number of hydrogen-bond donors (Lipinski definition) is 1. The summed E-state index contributed by atoms with van der Waals surface area (Å²) in [6.45, 7) is 7.08. The molecule has 206 valence electrons. The number of nitrogens with zero attached hydrogens (tertiary/aromatic N) is 3. The number of amides is 2. The zero-order valence-electron chi connectivity index (χ0n) is 22.1. The van der Waals surface area contributed by atoms with Crippen molar-refractivity contribution in [3.63, 3.8) is 0 Å². The van der Waals surface area contributed by atoms with Crippen LogP contribution in [0.5, 0.6) is 0 Å². The Kier molecular flexibility index (Phi) is 8.84. The molecule has 9 heteroatoms. The van der Waals surface area contributed by atoms with Crippen LogP contribution in [0.25, 0.3) is 0 Å². The van der Waals surface area contributed by atoms with Gasteiger partial charge in [-0.3, -0.25) is 9.59 Å². The summed E-state index contributed by atoms with van der Waals surface area (Å²) in [5, 5.41) is 3.36. The second kappa shape index (κ2) is 12.1. The normalized spacial score (nSPS) is 18.7. The zero-order chi connectivity index (χ0) is 27.3. The summed E-state index contributed by atoms with van der Waals surface area (Å²) in [6.07, 6.45) is -2.70. The van der Waals surface area contributed by atoms with Gasteiger partial charge in [-0.25, -0.2) is 0 Å². The number of hydrogen-bond acceptors (Lipinski definition) is 4. The van der Waals surface area contributed by atoms with E-state index in [-0.39, 0.29) is 30.6 Å². The molecule has 0 radical (unpaired) electrons. The van der Waals surface area contributed by atoms with Gasteiger partial charge in [-0.2, -0.15) is 13.2 Å². The van der Waals surface area contributed by atoms with Crippen molar-refractivity contribution < 1.29 is 22.8 Å². The summed E-state index contributed by atoms with van der Waals surface area (Å²) < 4.78 is 38.8. The largest absolute Gasteiger partial charge is 0.391 e. The van der Waals surface area contributed by atoms with E-state index in [1.807, 2.05) is 72.2 Å². The molecule has 6 nitrogen and oxygen atoms in total. The highest BCUT2D eigenvalue weighted by Gasteiger charge is 2.41. The lowest BCUT2D eigenvalue weighted by Crippen LogP contribution is -2.38. The maximum Gasteiger partial charge on any atom is 0.391 e. The molecule has 2 aliphatic rings. The van der Waals surface area contributed by atoms with E-state index in [9.17, 15) is 22.8 Å². The number of benzene rings is 2. The van der Waals surface area contributed by atoms with Gasteiger partial charge in [0.2, 0.25) is 11.8 Å². The summed E-state index contributed by atoms with van der Waals surface area (Å²) >= 11 is 0. The smallest absolute Gasteiger partial charge is 0.372 e. The summed E-state index contributed by atoms with van der Waals surface area (Å²) in [7, 11) is 0. The minimum Gasteiger partial charge on any atom is -0.372 e. The highest BCUT2D eigenvalue weighted by Crippen LogP contribution is 2.35. The maximum atomic E-state index is 13.1. The van der Waals surface area contributed by atoms with E-state index in [1.54, 1.807) is 4.90 Å². The molecule has 0 aromatic heterocycles. The molecule has 2 aromatic rings. The molecule has 1 atom stereocenters. The van der Waals surface area contributed by atoms with Crippen LogP contribution in [-0.2, 0) is 16.1 Å². The van der Waals surface area contributed by atoms with Gasteiger partial charge in [0.15, 0.2) is 0 Å². The zero-order valence-corrected chi connectivity index (χ0v) is 22.1. The van der Waals surface area contributed by atoms with Gasteiger partial charge in [-0.05, 0) is 68.1 Å². The maximum absolute atomic E-state index is 13.1. The van der Waals surface area contributed by atoms with Gasteiger partial charge in [-0.1, -0.05) is 19.1 Å². The number of likely N-dealkylation sites (tertiary alicyclic amines) is 1. The molecule has 2 heterocycles. The van der Waals surface area contributed by atoms with Crippen LogP contribution in [0.1, 0.15) is 45.1 Å². The van der Waals surface area contributed by atoms with Crippen LogP contribution < -0.4 is 10.2 Å². The topological polar surface area (TPSA) is 55.9 Å². The first-order chi connectivity index (χ1) is 18.2. The van der Waals surface area contributed by atoms with Gasteiger partial charge in [0.1, 0.15) is 0 Å². The number of rotatable bonds is 9. The monoisotopic (exact) mass is 530 g/mol. The molecule has 0 bridgehead atoms. The van der Waals surface area contributed by atoms with E-state index in [0.717, 1.165) is 29.0 Å². The lowest BCUT2D eigenvalue weighted by molar-refractivity contribution is -0.179. The van der Waals surface area contributed by atoms with Crippen molar-refractivity contribution in [1.29, 1.82) is 0 Å². The van der Waals surface area contributed by atoms with Gasteiger partial charge >= 0.3 is 6.18 Å². The molecule has 0 aliphatic carbocycles. The van der Waals surface area contributed by atoms with Crippen molar-refractivity contribution in [3.8, 4) is 0 Å². The average Bonchev–Trinajstić information content (AvgIpc) is 3.29. The van der Waals surface area contributed by atoms with Crippen LogP contribution in [0.15, 0.2) is 48.5 Å². The first-order valence-electron chi connectivity index (χ1n) is 13.5. The second-order valence-corrected chi connectivity index (χ2v) is 10.3. The molecule has 0 saturated carbocycles. The van der Waals surface area contributed by atoms with Crippen molar-refractivity contribution in [2.45, 2.75) is 52.3 Å². The van der Waals surface area contributed by atoms with Crippen LogP contribution in [0.4, 0.5) is 30.2 Å². The third-order valence-electron chi connectivity index (χ3n) is 7.56. The number of alkyl halides is 3. The fraction of sp³-hybridized carbons (Fsp3) is 0.517. The predicted octanol–water partition coefficient (Wildman–Crippen LogP) is 5.82. The van der Waals surface area contributed by atoms with E-state index in [4.69, 9.17) is 0 Å². The van der Waals surface area contributed by atoms with E-state index in [0.29, 0.717) is 45.7 Å². The number of carbonyl (C=O) groups excluding carboxylic acids is 2. The highest BCUT2D eigenvalue weighted by atomic mass is 19.4.